The first-order valence-corrected chi connectivity index (χ1v) is 6.87. The second-order valence-electron chi connectivity index (χ2n) is 4.25. The molecule has 0 bridgehead atoms. The number of nitrogen functional groups attached to an aromatic ring is 1. The van der Waals surface area contributed by atoms with Crippen molar-refractivity contribution >= 4 is 17.6 Å². The molecule has 0 aromatic carbocycles. The van der Waals surface area contributed by atoms with E-state index in [0.29, 0.717) is 16.8 Å². The van der Waals surface area contributed by atoms with Gasteiger partial charge < -0.3 is 5.43 Å². The molecule has 94 valence electrons. The van der Waals surface area contributed by atoms with E-state index >= 15 is 0 Å². The van der Waals surface area contributed by atoms with Crippen LogP contribution in [-0.2, 0) is 5.75 Å². The number of thioether (sulfide) groups is 1. The molecule has 1 saturated carbocycles. The summed E-state index contributed by atoms with van der Waals surface area (Å²) in [5.74, 6) is 6.20. The maximum absolute atomic E-state index is 13.4. The molecule has 4 nitrogen and oxygen atoms in total. The van der Waals surface area contributed by atoms with Crippen molar-refractivity contribution < 1.29 is 4.39 Å². The molecule has 1 aromatic heterocycles. The predicted molar refractivity (Wildman–Crippen MR) is 68.1 cm³/mol. The van der Waals surface area contributed by atoms with E-state index in [4.69, 9.17) is 5.84 Å². The van der Waals surface area contributed by atoms with Crippen molar-refractivity contribution in [3.8, 4) is 0 Å². The third kappa shape index (κ3) is 3.07. The fraction of sp³-hybridized carbons (Fsp3) is 0.636. The van der Waals surface area contributed by atoms with Crippen molar-refractivity contribution in [2.45, 2.75) is 43.6 Å². The highest BCUT2D eigenvalue weighted by Gasteiger charge is 2.17. The first-order valence-electron chi connectivity index (χ1n) is 5.82. The Labute approximate surface area is 105 Å². The van der Waals surface area contributed by atoms with Crippen LogP contribution in [0.5, 0.6) is 0 Å². The summed E-state index contributed by atoms with van der Waals surface area (Å²) in [6, 6.07) is 0. The number of nitrogens with one attached hydrogen (secondary N) is 1. The molecule has 1 fully saturated rings. The molecule has 1 heterocycles. The SMILES string of the molecule is Cc1nc(CSC2CCCC2)nc(NN)c1F. The summed E-state index contributed by atoms with van der Waals surface area (Å²) in [6.45, 7) is 1.63. The standard InChI is InChI=1S/C11H17FN4S/c1-7-10(12)11(16-13)15-9(14-7)6-17-8-4-2-3-5-8/h8H,2-6,13H2,1H3,(H,14,15,16). The Morgan fingerprint density at radius 1 is 1.41 bits per heavy atom. The van der Waals surface area contributed by atoms with Crippen LogP contribution in [0, 0.1) is 12.7 Å². The molecule has 17 heavy (non-hydrogen) atoms. The molecule has 6 heteroatoms. The lowest BCUT2D eigenvalue weighted by Gasteiger charge is -2.10. The van der Waals surface area contributed by atoms with Gasteiger partial charge >= 0.3 is 0 Å². The molecule has 0 spiro atoms. The lowest BCUT2D eigenvalue weighted by molar-refractivity contribution is 0.602. The smallest absolute Gasteiger partial charge is 0.187 e. The number of aryl methyl sites for hydroxylation is 1. The molecule has 1 aliphatic carbocycles. The normalized spacial score (nSPS) is 16.4. The highest BCUT2D eigenvalue weighted by Crippen LogP contribution is 2.31. The van der Waals surface area contributed by atoms with Crippen LogP contribution in [0.1, 0.15) is 37.2 Å². The molecule has 0 unspecified atom stereocenters. The van der Waals surface area contributed by atoms with E-state index < -0.39 is 5.82 Å². The van der Waals surface area contributed by atoms with E-state index in [0.717, 1.165) is 5.75 Å². The van der Waals surface area contributed by atoms with Gasteiger partial charge in [0, 0.05) is 5.25 Å². The topological polar surface area (TPSA) is 63.8 Å². The van der Waals surface area contributed by atoms with Crippen molar-refractivity contribution in [3.05, 3.63) is 17.3 Å². The Bertz CT molecular complexity index is 393. The molecule has 0 atom stereocenters. The summed E-state index contributed by atoms with van der Waals surface area (Å²) >= 11 is 1.85. The van der Waals surface area contributed by atoms with E-state index in [2.05, 4.69) is 15.4 Å². The van der Waals surface area contributed by atoms with Crippen molar-refractivity contribution in [2.24, 2.45) is 5.84 Å². The Kier molecular flexibility index (Phi) is 4.17. The van der Waals surface area contributed by atoms with Crippen LogP contribution in [0.2, 0.25) is 0 Å². The Balaban J connectivity index is 2.02. The highest BCUT2D eigenvalue weighted by molar-refractivity contribution is 7.99. The number of nitrogens with zero attached hydrogens (tertiary/aromatic N) is 2. The van der Waals surface area contributed by atoms with E-state index in [1.165, 1.54) is 25.7 Å². The quantitative estimate of drug-likeness (QED) is 0.639. The van der Waals surface area contributed by atoms with Crippen LogP contribution in [0.4, 0.5) is 10.2 Å². The largest absolute Gasteiger partial charge is 0.306 e. The van der Waals surface area contributed by atoms with Crippen LogP contribution >= 0.6 is 11.8 Å². The molecular formula is C11H17FN4S. The number of halogens is 1. The Morgan fingerprint density at radius 2 is 2.12 bits per heavy atom. The summed E-state index contributed by atoms with van der Waals surface area (Å²) in [5.41, 5.74) is 2.61. The zero-order valence-corrected chi connectivity index (χ0v) is 10.7. The monoisotopic (exact) mass is 256 g/mol. The average Bonchev–Trinajstić information content (AvgIpc) is 2.83. The maximum Gasteiger partial charge on any atom is 0.187 e. The number of anilines is 1. The van der Waals surface area contributed by atoms with Gasteiger partial charge in [-0.2, -0.15) is 11.8 Å². The van der Waals surface area contributed by atoms with Gasteiger partial charge in [0.05, 0.1) is 11.4 Å². The number of aromatic nitrogens is 2. The van der Waals surface area contributed by atoms with Gasteiger partial charge in [-0.15, -0.1) is 0 Å². The van der Waals surface area contributed by atoms with Crippen molar-refractivity contribution in [3.63, 3.8) is 0 Å². The average molecular weight is 256 g/mol. The highest BCUT2D eigenvalue weighted by atomic mass is 32.2. The number of rotatable bonds is 4. The van der Waals surface area contributed by atoms with Gasteiger partial charge in [0.1, 0.15) is 5.82 Å². The maximum atomic E-state index is 13.4. The number of nitrogens with two attached hydrogens (primary N) is 1. The van der Waals surface area contributed by atoms with Crippen LogP contribution in [0.3, 0.4) is 0 Å². The van der Waals surface area contributed by atoms with Gasteiger partial charge in [-0.1, -0.05) is 12.8 Å². The third-order valence-electron chi connectivity index (χ3n) is 2.95. The molecule has 0 amide bonds. The second-order valence-corrected chi connectivity index (χ2v) is 5.54. The van der Waals surface area contributed by atoms with Crippen LogP contribution in [0.25, 0.3) is 0 Å². The van der Waals surface area contributed by atoms with Crippen molar-refractivity contribution in [1.29, 1.82) is 0 Å². The second kappa shape index (κ2) is 5.64. The minimum atomic E-state index is -0.470. The lowest BCUT2D eigenvalue weighted by Crippen LogP contribution is -2.14. The van der Waals surface area contributed by atoms with Crippen LogP contribution < -0.4 is 11.3 Å². The van der Waals surface area contributed by atoms with Crippen molar-refractivity contribution in [1.82, 2.24) is 9.97 Å². The van der Waals surface area contributed by atoms with Gasteiger partial charge in [0.15, 0.2) is 11.6 Å². The molecule has 0 aliphatic heterocycles. The minimum Gasteiger partial charge on any atom is -0.306 e. The minimum absolute atomic E-state index is 0.0829. The predicted octanol–water partition coefficient (Wildman–Crippen LogP) is 2.39. The van der Waals surface area contributed by atoms with Crippen LogP contribution in [-0.4, -0.2) is 15.2 Å². The summed E-state index contributed by atoms with van der Waals surface area (Å²) in [7, 11) is 0. The lowest BCUT2D eigenvalue weighted by atomic mass is 10.4. The van der Waals surface area contributed by atoms with E-state index in [-0.39, 0.29) is 5.82 Å². The van der Waals surface area contributed by atoms with Gasteiger partial charge in [-0.25, -0.2) is 20.2 Å². The van der Waals surface area contributed by atoms with Gasteiger partial charge in [0.2, 0.25) is 0 Å². The number of hydrazine groups is 1. The molecule has 2 rings (SSSR count). The first kappa shape index (κ1) is 12.6. The van der Waals surface area contributed by atoms with Gasteiger partial charge in [0.25, 0.3) is 0 Å². The molecule has 0 saturated heterocycles. The van der Waals surface area contributed by atoms with Gasteiger partial charge in [-0.3, -0.25) is 0 Å². The molecular weight excluding hydrogens is 239 g/mol. The fourth-order valence-corrected chi connectivity index (χ4v) is 3.21. The van der Waals surface area contributed by atoms with E-state index in [1.54, 1.807) is 6.92 Å². The summed E-state index contributed by atoms with van der Waals surface area (Å²) < 4.78 is 13.4. The summed E-state index contributed by atoms with van der Waals surface area (Å²) in [5, 5.41) is 0.707. The van der Waals surface area contributed by atoms with E-state index in [1.807, 2.05) is 11.8 Å². The van der Waals surface area contributed by atoms with E-state index in [9.17, 15) is 4.39 Å². The summed E-state index contributed by atoms with van der Waals surface area (Å²) in [4.78, 5) is 8.21. The third-order valence-corrected chi connectivity index (χ3v) is 4.32. The van der Waals surface area contributed by atoms with Crippen molar-refractivity contribution in [2.75, 3.05) is 5.43 Å². The zero-order chi connectivity index (χ0) is 12.3. The molecule has 0 radical (unpaired) electrons. The Morgan fingerprint density at radius 3 is 2.76 bits per heavy atom. The number of hydrogen-bond donors (Lipinski definition) is 2. The molecule has 1 aromatic rings. The zero-order valence-electron chi connectivity index (χ0n) is 9.87. The van der Waals surface area contributed by atoms with Gasteiger partial charge in [-0.05, 0) is 19.8 Å². The van der Waals surface area contributed by atoms with Crippen LogP contribution in [0.15, 0.2) is 0 Å². The number of hydrogen-bond acceptors (Lipinski definition) is 5. The molecule has 1 aliphatic rings. The first-order chi connectivity index (χ1) is 8.20. The molecule has 3 N–H and O–H groups in total. The summed E-state index contributed by atoms with van der Waals surface area (Å²) in [6.07, 6.45) is 5.17. The Hall–Kier alpha value is -0.880. The fourth-order valence-electron chi connectivity index (χ4n) is 2.02.